The van der Waals surface area contributed by atoms with Gasteiger partial charge in [-0.15, -0.1) is 10.2 Å². The molecular weight excluding hydrogens is 520 g/mol. The molecule has 36 heavy (non-hydrogen) atoms. The number of rotatable bonds is 5. The first-order valence-electron chi connectivity index (χ1n) is 9.50. The molecule has 0 aliphatic carbocycles. The van der Waals surface area contributed by atoms with Crippen molar-refractivity contribution in [3.63, 3.8) is 0 Å². The van der Waals surface area contributed by atoms with Crippen molar-refractivity contribution in [2.45, 2.75) is 16.7 Å². The normalized spacial score (nSPS) is 12.4. The highest BCUT2D eigenvalue weighted by Crippen LogP contribution is 2.31. The lowest BCUT2D eigenvalue weighted by Gasteiger charge is -2.05. The first kappa shape index (κ1) is 24.6. The van der Waals surface area contributed by atoms with Crippen LogP contribution in [0.4, 0.5) is 17.1 Å². The predicted molar refractivity (Wildman–Crippen MR) is 122 cm³/mol. The quantitative estimate of drug-likeness (QED) is 0.147. The number of hydrogen-bond donors (Lipinski definition) is 3. The molecule has 0 amide bonds. The van der Waals surface area contributed by atoms with Crippen LogP contribution in [-0.4, -0.2) is 40.2 Å². The summed E-state index contributed by atoms with van der Waals surface area (Å²) >= 11 is 0. The fourth-order valence-electron chi connectivity index (χ4n) is 3.49. The molecule has 0 fully saturated rings. The minimum Gasteiger partial charge on any atom is -0.338 e. The molecule has 0 bridgehead atoms. The fourth-order valence-corrected chi connectivity index (χ4v) is 4.64. The number of nitro groups is 1. The molecule has 0 atom stereocenters. The Hall–Kier alpha value is -4.50. The molecule has 0 aliphatic rings. The second-order valence-electron chi connectivity index (χ2n) is 7.31. The number of nitrogens with zero attached hydrogens (tertiary/aromatic N) is 5. The average Bonchev–Trinajstić information content (AvgIpc) is 3.16. The summed E-state index contributed by atoms with van der Waals surface area (Å²) in [5.41, 5.74) is -2.21. The van der Waals surface area contributed by atoms with Gasteiger partial charge in [0.2, 0.25) is 0 Å². The van der Waals surface area contributed by atoms with Gasteiger partial charge < -0.3 is 4.98 Å². The second kappa shape index (κ2) is 8.31. The van der Waals surface area contributed by atoms with E-state index in [4.69, 9.17) is 0 Å². The first-order valence-corrected chi connectivity index (χ1v) is 12.4. The Labute approximate surface area is 200 Å². The van der Waals surface area contributed by atoms with E-state index >= 15 is 0 Å². The molecule has 3 N–H and O–H groups in total. The maximum Gasteiger partial charge on any atom is 0.297 e. The lowest BCUT2D eigenvalue weighted by atomic mass is 10.1. The molecule has 0 unspecified atom stereocenters. The molecule has 0 radical (unpaired) electrons. The SMILES string of the molecule is Cc1c(N=Nc2ccc([N+](=O)[O-])cc2S(=O)(=O)O)c(=O)n2c([nH]c3cc(S(=O)(=O)O)ccc32)c1C#N. The predicted octanol–water partition coefficient (Wildman–Crippen LogP) is 2.78. The van der Waals surface area contributed by atoms with Crippen molar-refractivity contribution in [2.24, 2.45) is 10.2 Å². The standard InChI is InChI=1S/C19H12N6O9S2/c1-9-12(8-20)18-21-14-7-11(35(29,30)31)3-5-15(14)24(18)19(26)17(9)23-22-13-4-2-10(25(27)28)6-16(13)36(32,33)34/h2-7,21H,1H3,(H,29,30,31)(H,32,33,34). The Bertz CT molecular complexity index is 1970. The Morgan fingerprint density at radius 3 is 2.36 bits per heavy atom. The van der Waals surface area contributed by atoms with Gasteiger partial charge in [-0.05, 0) is 31.2 Å². The summed E-state index contributed by atoms with van der Waals surface area (Å²) in [5, 5.41) is 28.1. The number of pyridine rings is 1. The zero-order valence-electron chi connectivity index (χ0n) is 17.8. The molecule has 4 rings (SSSR count). The molecule has 17 heteroatoms. The van der Waals surface area contributed by atoms with Gasteiger partial charge in [0.05, 0.1) is 26.4 Å². The van der Waals surface area contributed by atoms with E-state index in [-0.39, 0.29) is 27.8 Å². The van der Waals surface area contributed by atoms with Gasteiger partial charge in [0.25, 0.3) is 31.5 Å². The summed E-state index contributed by atoms with van der Waals surface area (Å²) in [6.45, 7) is 1.36. The summed E-state index contributed by atoms with van der Waals surface area (Å²) in [5.74, 6) is 0. The highest BCUT2D eigenvalue weighted by molar-refractivity contribution is 7.86. The number of aromatic amines is 1. The maximum absolute atomic E-state index is 13.3. The highest BCUT2D eigenvalue weighted by Gasteiger charge is 2.22. The topological polar surface area (TPSA) is 238 Å². The van der Waals surface area contributed by atoms with Crippen molar-refractivity contribution >= 4 is 54.0 Å². The van der Waals surface area contributed by atoms with E-state index < -0.39 is 57.6 Å². The van der Waals surface area contributed by atoms with Gasteiger partial charge in [-0.3, -0.25) is 28.4 Å². The van der Waals surface area contributed by atoms with Crippen LogP contribution in [0.3, 0.4) is 0 Å². The summed E-state index contributed by atoms with van der Waals surface area (Å²) in [4.78, 5) is 24.7. The number of aromatic nitrogens is 2. The van der Waals surface area contributed by atoms with Crippen molar-refractivity contribution in [1.82, 2.24) is 9.38 Å². The van der Waals surface area contributed by atoms with Crippen LogP contribution in [0, 0.1) is 28.4 Å². The van der Waals surface area contributed by atoms with E-state index in [0.29, 0.717) is 6.07 Å². The molecule has 2 heterocycles. The minimum absolute atomic E-state index is 0.00426. The van der Waals surface area contributed by atoms with E-state index in [1.807, 2.05) is 6.07 Å². The molecule has 0 saturated carbocycles. The van der Waals surface area contributed by atoms with Crippen LogP contribution in [0.2, 0.25) is 0 Å². The van der Waals surface area contributed by atoms with Gasteiger partial charge >= 0.3 is 0 Å². The van der Waals surface area contributed by atoms with Gasteiger partial charge in [-0.25, -0.2) is 0 Å². The zero-order valence-corrected chi connectivity index (χ0v) is 19.4. The number of nitriles is 1. The lowest BCUT2D eigenvalue weighted by Crippen LogP contribution is -2.15. The smallest absolute Gasteiger partial charge is 0.297 e. The van der Waals surface area contributed by atoms with Crippen molar-refractivity contribution < 1.29 is 30.9 Å². The Morgan fingerprint density at radius 2 is 1.78 bits per heavy atom. The van der Waals surface area contributed by atoms with Crippen LogP contribution in [0.15, 0.2) is 61.2 Å². The zero-order chi connectivity index (χ0) is 26.6. The van der Waals surface area contributed by atoms with Gasteiger partial charge in [-0.2, -0.15) is 22.1 Å². The molecule has 15 nitrogen and oxygen atoms in total. The van der Waals surface area contributed by atoms with E-state index in [0.717, 1.165) is 28.7 Å². The van der Waals surface area contributed by atoms with Gasteiger partial charge in [0.1, 0.15) is 22.3 Å². The van der Waals surface area contributed by atoms with Crippen molar-refractivity contribution in [2.75, 3.05) is 0 Å². The number of fused-ring (bicyclic) bond motifs is 3. The second-order valence-corrected chi connectivity index (χ2v) is 10.1. The summed E-state index contributed by atoms with van der Waals surface area (Å²) in [6.07, 6.45) is 0. The van der Waals surface area contributed by atoms with Crippen LogP contribution >= 0.6 is 0 Å². The molecule has 2 aromatic heterocycles. The number of benzene rings is 2. The van der Waals surface area contributed by atoms with Gasteiger partial charge in [0, 0.05) is 17.7 Å². The molecule has 184 valence electrons. The largest absolute Gasteiger partial charge is 0.338 e. The van der Waals surface area contributed by atoms with Crippen molar-refractivity contribution in [3.8, 4) is 6.07 Å². The van der Waals surface area contributed by atoms with E-state index in [9.17, 15) is 46.1 Å². The highest BCUT2D eigenvalue weighted by atomic mass is 32.2. The van der Waals surface area contributed by atoms with Crippen LogP contribution in [0.1, 0.15) is 11.1 Å². The number of H-pyrrole nitrogens is 1. The number of nitro benzene ring substituents is 1. The number of hydrogen-bond acceptors (Lipinski definition) is 10. The fraction of sp³-hybridized carbons (Fsp3) is 0.0526. The third-order valence-electron chi connectivity index (χ3n) is 5.16. The minimum atomic E-state index is -4.97. The number of azo groups is 1. The van der Waals surface area contributed by atoms with Crippen LogP contribution < -0.4 is 5.56 Å². The van der Waals surface area contributed by atoms with E-state index in [2.05, 4.69) is 15.2 Å². The van der Waals surface area contributed by atoms with Crippen LogP contribution in [0.5, 0.6) is 0 Å². The van der Waals surface area contributed by atoms with E-state index in [1.165, 1.54) is 13.0 Å². The number of imidazole rings is 1. The Kier molecular flexibility index (Phi) is 5.69. The first-order chi connectivity index (χ1) is 16.7. The van der Waals surface area contributed by atoms with Crippen LogP contribution in [-0.2, 0) is 20.2 Å². The van der Waals surface area contributed by atoms with Gasteiger partial charge in [-0.1, -0.05) is 0 Å². The molecule has 0 spiro atoms. The average molecular weight is 532 g/mol. The molecule has 0 saturated heterocycles. The third kappa shape index (κ3) is 4.09. The van der Waals surface area contributed by atoms with Crippen molar-refractivity contribution in [1.29, 1.82) is 5.26 Å². The monoisotopic (exact) mass is 532 g/mol. The molecule has 4 aromatic rings. The Morgan fingerprint density at radius 1 is 1.08 bits per heavy atom. The lowest BCUT2D eigenvalue weighted by molar-refractivity contribution is -0.385. The molecular formula is C19H12N6O9S2. The van der Waals surface area contributed by atoms with Crippen LogP contribution in [0.25, 0.3) is 16.7 Å². The summed E-state index contributed by atoms with van der Waals surface area (Å²) in [6, 6.07) is 7.60. The van der Waals surface area contributed by atoms with Crippen molar-refractivity contribution in [3.05, 3.63) is 68.0 Å². The molecule has 2 aromatic carbocycles. The van der Waals surface area contributed by atoms with Gasteiger partial charge in [0.15, 0.2) is 5.69 Å². The number of non-ortho nitro benzene ring substituents is 1. The number of nitrogens with one attached hydrogen (secondary N) is 1. The Balaban J connectivity index is 1.99. The third-order valence-corrected chi connectivity index (χ3v) is 6.89. The maximum atomic E-state index is 13.3. The van der Waals surface area contributed by atoms with E-state index in [1.54, 1.807) is 0 Å². The summed E-state index contributed by atoms with van der Waals surface area (Å²) < 4.78 is 66.1. The summed E-state index contributed by atoms with van der Waals surface area (Å²) in [7, 11) is -9.52. The molecule has 0 aliphatic heterocycles.